The maximum absolute atomic E-state index is 12.9. The second kappa shape index (κ2) is 9.79. The first-order chi connectivity index (χ1) is 15.2. The molecule has 2 aromatic rings. The van der Waals surface area contributed by atoms with Gasteiger partial charge in [0.15, 0.2) is 0 Å². The van der Waals surface area contributed by atoms with E-state index in [1.54, 1.807) is 42.5 Å². The highest BCUT2D eigenvalue weighted by molar-refractivity contribution is 7.92. The van der Waals surface area contributed by atoms with Crippen LogP contribution in [0.15, 0.2) is 42.5 Å². The normalized spacial score (nSPS) is 13.7. The van der Waals surface area contributed by atoms with E-state index in [-0.39, 0.29) is 49.4 Å². The largest absolute Gasteiger partial charge is 0.384 e. The second-order valence-electron chi connectivity index (χ2n) is 7.28. The molecule has 0 saturated heterocycles. The molecule has 0 fully saturated rings. The number of methoxy groups -OCH3 is 1. The summed E-state index contributed by atoms with van der Waals surface area (Å²) in [6.07, 6.45) is -0.0631. The predicted octanol–water partition coefficient (Wildman–Crippen LogP) is 1.62. The number of hydrogen-bond acceptors (Lipinski definition) is 6. The standard InChI is InChI=1S/C21H25N5O5S/c1-31-11-10-26(17-6-7-18-15(12-17)13-32(29,30)25-18)20(28)9-8-19(27)24-16-4-2-14(3-5-16)21(22)23/h2-7,12,25H,8-11,13H2,1H3,(H3,22,23)(H,24,27). The number of nitrogen functional groups attached to an aromatic ring is 1. The Hall–Kier alpha value is -3.44. The van der Waals surface area contributed by atoms with Crippen molar-refractivity contribution in [1.29, 1.82) is 5.41 Å². The lowest BCUT2D eigenvalue weighted by Crippen LogP contribution is -2.34. The lowest BCUT2D eigenvalue weighted by Gasteiger charge is -2.23. The summed E-state index contributed by atoms with van der Waals surface area (Å²) in [5, 5.41) is 10.1. The molecule has 0 aromatic heterocycles. The number of sulfonamides is 1. The summed E-state index contributed by atoms with van der Waals surface area (Å²) >= 11 is 0. The van der Waals surface area contributed by atoms with Crippen LogP contribution in [0.25, 0.3) is 0 Å². The molecule has 10 nitrogen and oxygen atoms in total. The molecule has 0 atom stereocenters. The molecule has 32 heavy (non-hydrogen) atoms. The van der Waals surface area contributed by atoms with Crippen molar-refractivity contribution in [3.05, 3.63) is 53.6 Å². The molecule has 2 amide bonds. The van der Waals surface area contributed by atoms with E-state index in [9.17, 15) is 18.0 Å². The van der Waals surface area contributed by atoms with E-state index in [2.05, 4.69) is 10.0 Å². The number of carbonyl (C=O) groups is 2. The summed E-state index contributed by atoms with van der Waals surface area (Å²) < 4.78 is 31.1. The van der Waals surface area contributed by atoms with Crippen molar-refractivity contribution >= 4 is 44.7 Å². The highest BCUT2D eigenvalue weighted by Crippen LogP contribution is 2.31. The topological polar surface area (TPSA) is 155 Å². The predicted molar refractivity (Wildman–Crippen MR) is 122 cm³/mol. The number of fused-ring (bicyclic) bond motifs is 1. The van der Waals surface area contributed by atoms with Crippen molar-refractivity contribution in [2.45, 2.75) is 18.6 Å². The molecule has 11 heteroatoms. The van der Waals surface area contributed by atoms with Gasteiger partial charge in [-0.05, 0) is 48.0 Å². The third-order valence-corrected chi connectivity index (χ3v) is 6.10. The SMILES string of the molecule is COCCN(C(=O)CCC(=O)Nc1ccc(C(=N)N)cc1)c1ccc2c(c1)CS(=O)(=O)N2. The number of anilines is 3. The van der Waals surface area contributed by atoms with Gasteiger partial charge in [0.1, 0.15) is 5.84 Å². The Morgan fingerprint density at radius 2 is 1.91 bits per heavy atom. The van der Waals surface area contributed by atoms with Crippen molar-refractivity contribution in [3.63, 3.8) is 0 Å². The maximum atomic E-state index is 12.9. The number of amides is 2. The highest BCUT2D eigenvalue weighted by Gasteiger charge is 2.25. The molecule has 0 aliphatic carbocycles. The summed E-state index contributed by atoms with van der Waals surface area (Å²) in [5.74, 6) is -0.819. The zero-order valence-corrected chi connectivity index (χ0v) is 18.4. The molecular weight excluding hydrogens is 434 g/mol. The van der Waals surface area contributed by atoms with E-state index in [4.69, 9.17) is 15.9 Å². The van der Waals surface area contributed by atoms with Gasteiger partial charge in [0.05, 0.1) is 18.0 Å². The second-order valence-corrected chi connectivity index (χ2v) is 9.00. The number of ether oxygens (including phenoxy) is 1. The maximum Gasteiger partial charge on any atom is 0.237 e. The van der Waals surface area contributed by atoms with Gasteiger partial charge in [0.25, 0.3) is 0 Å². The number of amidine groups is 1. The van der Waals surface area contributed by atoms with Gasteiger partial charge in [-0.2, -0.15) is 0 Å². The molecule has 0 saturated carbocycles. The van der Waals surface area contributed by atoms with Gasteiger partial charge in [-0.25, -0.2) is 8.42 Å². The number of nitrogens with two attached hydrogens (primary N) is 1. The molecule has 1 aliphatic heterocycles. The van der Waals surface area contributed by atoms with Crippen molar-refractivity contribution in [3.8, 4) is 0 Å². The third kappa shape index (κ3) is 5.83. The first-order valence-corrected chi connectivity index (χ1v) is 11.5. The Kier molecular flexibility index (Phi) is 7.11. The summed E-state index contributed by atoms with van der Waals surface area (Å²) in [6.45, 7) is 0.552. The van der Waals surface area contributed by atoms with Gasteiger partial charge in [0, 0.05) is 43.4 Å². The van der Waals surface area contributed by atoms with E-state index in [1.807, 2.05) is 0 Å². The van der Waals surface area contributed by atoms with Gasteiger partial charge in [0.2, 0.25) is 21.8 Å². The number of nitrogens with one attached hydrogen (secondary N) is 3. The van der Waals surface area contributed by atoms with Gasteiger partial charge in [-0.3, -0.25) is 19.7 Å². The van der Waals surface area contributed by atoms with Crippen LogP contribution < -0.4 is 20.7 Å². The summed E-state index contributed by atoms with van der Waals surface area (Å²) in [4.78, 5) is 26.6. The number of benzene rings is 2. The average molecular weight is 460 g/mol. The fourth-order valence-corrected chi connectivity index (χ4v) is 4.52. The van der Waals surface area contributed by atoms with E-state index in [0.717, 1.165) is 0 Å². The van der Waals surface area contributed by atoms with Crippen LogP contribution in [0.5, 0.6) is 0 Å². The minimum Gasteiger partial charge on any atom is -0.384 e. The monoisotopic (exact) mass is 459 g/mol. The van der Waals surface area contributed by atoms with Crippen LogP contribution in [-0.4, -0.2) is 46.3 Å². The highest BCUT2D eigenvalue weighted by atomic mass is 32.2. The molecule has 5 N–H and O–H groups in total. The van der Waals surface area contributed by atoms with E-state index in [1.165, 1.54) is 12.0 Å². The fourth-order valence-electron chi connectivity index (χ4n) is 3.27. The van der Waals surface area contributed by atoms with Crippen molar-refractivity contribution < 1.29 is 22.7 Å². The minimum atomic E-state index is -3.39. The Balaban J connectivity index is 1.64. The summed E-state index contributed by atoms with van der Waals surface area (Å²) in [5.41, 5.74) is 8.13. The van der Waals surface area contributed by atoms with E-state index < -0.39 is 10.0 Å². The van der Waals surface area contributed by atoms with Crippen LogP contribution in [0, 0.1) is 5.41 Å². The zero-order chi connectivity index (χ0) is 23.3. The average Bonchev–Trinajstić information content (AvgIpc) is 3.06. The molecule has 0 unspecified atom stereocenters. The molecule has 2 aromatic carbocycles. The number of carbonyl (C=O) groups excluding carboxylic acids is 2. The van der Waals surface area contributed by atoms with Crippen molar-refractivity contribution in [1.82, 2.24) is 0 Å². The first-order valence-electron chi connectivity index (χ1n) is 9.85. The van der Waals surface area contributed by atoms with Gasteiger partial charge in [-0.1, -0.05) is 0 Å². The molecule has 0 radical (unpaired) electrons. The van der Waals surface area contributed by atoms with Crippen LogP contribution in [0.4, 0.5) is 17.1 Å². The van der Waals surface area contributed by atoms with Gasteiger partial charge < -0.3 is 20.7 Å². The Bertz CT molecular complexity index is 1130. The molecule has 1 heterocycles. The first kappa shape index (κ1) is 23.2. The Labute approximate surface area is 186 Å². The van der Waals surface area contributed by atoms with Crippen LogP contribution in [0.3, 0.4) is 0 Å². The van der Waals surface area contributed by atoms with Gasteiger partial charge in [-0.15, -0.1) is 0 Å². The minimum absolute atomic E-state index is 0.0301. The quantitative estimate of drug-likeness (QED) is 0.330. The third-order valence-electron chi connectivity index (χ3n) is 4.88. The lowest BCUT2D eigenvalue weighted by atomic mass is 10.1. The van der Waals surface area contributed by atoms with E-state index >= 15 is 0 Å². The van der Waals surface area contributed by atoms with Crippen LogP contribution in [-0.2, 0) is 30.1 Å². The Morgan fingerprint density at radius 1 is 1.19 bits per heavy atom. The molecule has 3 rings (SSSR count). The summed E-state index contributed by atoms with van der Waals surface area (Å²) in [6, 6.07) is 11.5. The number of nitrogens with zero attached hydrogens (tertiary/aromatic N) is 1. The van der Waals surface area contributed by atoms with Crippen LogP contribution in [0.1, 0.15) is 24.0 Å². The van der Waals surface area contributed by atoms with Gasteiger partial charge >= 0.3 is 0 Å². The van der Waals surface area contributed by atoms with Crippen molar-refractivity contribution in [2.75, 3.05) is 35.2 Å². The zero-order valence-electron chi connectivity index (χ0n) is 17.6. The summed E-state index contributed by atoms with van der Waals surface area (Å²) in [7, 11) is -1.87. The number of rotatable bonds is 9. The van der Waals surface area contributed by atoms with Crippen LogP contribution in [0.2, 0.25) is 0 Å². The Morgan fingerprint density at radius 3 is 2.56 bits per heavy atom. The fraction of sp³-hybridized carbons (Fsp3) is 0.286. The van der Waals surface area contributed by atoms with Crippen molar-refractivity contribution in [2.24, 2.45) is 5.73 Å². The molecule has 0 spiro atoms. The van der Waals surface area contributed by atoms with Crippen LogP contribution >= 0.6 is 0 Å². The van der Waals surface area contributed by atoms with E-state index in [0.29, 0.717) is 28.2 Å². The molecule has 1 aliphatic rings. The lowest BCUT2D eigenvalue weighted by molar-refractivity contribution is -0.122. The number of hydrogen-bond donors (Lipinski definition) is 4. The smallest absolute Gasteiger partial charge is 0.237 e. The molecule has 170 valence electrons. The molecular formula is C21H25N5O5S. The molecule has 0 bridgehead atoms.